The minimum atomic E-state index is -1.70. The number of fused-ring (bicyclic) bond motifs is 2. The molecule has 0 radical (unpaired) electrons. The highest BCUT2D eigenvalue weighted by atomic mass is 16.8. The molecule has 9 N–H and O–H groups in total. The monoisotopic (exact) mass is 943 g/mol. The SMILES string of the molecule is CC(=O)O[C@@H]1CO[C@@H](OC2CC[C@]34CC35CC[C@]3(C)[C@@H]([C@@]6(C)CC[C@@H](C(C)(C)O)O6)[C@H](O)C[C@@]3(C)C5C[C@@H](O[C@@H]3OC[C@@H](O)[C@H](O)[C@H]3O)C4C2(C)C)[C@H](O[C@@H]2O[C@@H](C)[C@H](O)[C@@H](O)[C@H]2O)[C@H]1O. The fourth-order valence-corrected chi connectivity index (χ4v) is 16.3. The second-order valence-corrected chi connectivity index (χ2v) is 24.0. The Morgan fingerprint density at radius 2 is 1.35 bits per heavy atom. The highest BCUT2D eigenvalue weighted by molar-refractivity contribution is 5.66. The van der Waals surface area contributed by atoms with Gasteiger partial charge in [0.05, 0.1) is 54.9 Å². The van der Waals surface area contributed by atoms with Crippen LogP contribution < -0.4 is 0 Å². The average molecular weight is 943 g/mol. The molecule has 4 aliphatic heterocycles. The molecule has 66 heavy (non-hydrogen) atoms. The normalized spacial score (nSPS) is 56.7. The van der Waals surface area contributed by atoms with Gasteiger partial charge in [-0.05, 0) is 124 Å². The summed E-state index contributed by atoms with van der Waals surface area (Å²) < 4.78 is 50.2. The van der Waals surface area contributed by atoms with Gasteiger partial charge >= 0.3 is 5.97 Å². The summed E-state index contributed by atoms with van der Waals surface area (Å²) in [5.41, 5.74) is -3.47. The lowest BCUT2D eigenvalue weighted by atomic mass is 9.41. The molecule has 4 saturated heterocycles. The summed E-state index contributed by atoms with van der Waals surface area (Å²) in [4.78, 5) is 12.1. The number of carbonyl (C=O) groups is 1. The Bertz CT molecular complexity index is 1810. The third-order valence-corrected chi connectivity index (χ3v) is 19.6. The Kier molecular flexibility index (Phi) is 12.6. The molecule has 4 unspecified atom stereocenters. The highest BCUT2D eigenvalue weighted by Gasteiger charge is 2.85. The van der Waals surface area contributed by atoms with Gasteiger partial charge in [-0.15, -0.1) is 0 Å². The molecule has 0 aromatic carbocycles. The van der Waals surface area contributed by atoms with Crippen molar-refractivity contribution < 1.29 is 88.6 Å². The van der Waals surface area contributed by atoms with Gasteiger partial charge in [0.25, 0.3) is 0 Å². The lowest BCUT2D eigenvalue weighted by molar-refractivity contribution is -0.366. The molecule has 0 aromatic rings. The first kappa shape index (κ1) is 49.8. The standard InChI is InChI=1S/C48H78O18/c1-21-30(52)33(55)35(57)40(61-21)65-36-32(54)26(62-22(2)49)19-60-41(36)64-28-11-13-48-20-47(48)15-14-44(7)37(46(9)12-10-29(66-46)43(5,6)58)23(50)17-45(44,8)27(47)16-25(38(48)42(28,3)4)63-39-34(56)31(53)24(51)18-59-39/h21,23-41,50-58H,10-20H2,1-9H3/t21-,23+,24+,25+,26+,27?,28?,29-,30-,31-,32-,33+,34+,35+,36+,37-,38?,39-,40-,41-,44+,45-,46+,47?,48+/m0/s1. The summed E-state index contributed by atoms with van der Waals surface area (Å²) in [7, 11) is 0. The fraction of sp³-hybridized carbons (Fsp3) is 0.979. The summed E-state index contributed by atoms with van der Waals surface area (Å²) in [6.45, 7) is 16.8. The maximum Gasteiger partial charge on any atom is 0.303 e. The Morgan fingerprint density at radius 3 is 2.02 bits per heavy atom. The quantitative estimate of drug-likeness (QED) is 0.114. The van der Waals surface area contributed by atoms with E-state index in [1.165, 1.54) is 13.8 Å². The van der Waals surface area contributed by atoms with Crippen molar-refractivity contribution in [3.8, 4) is 0 Å². The van der Waals surface area contributed by atoms with Gasteiger partial charge < -0.3 is 83.9 Å². The van der Waals surface area contributed by atoms with Crippen LogP contribution in [-0.2, 0) is 42.7 Å². The van der Waals surface area contributed by atoms with Gasteiger partial charge in [-0.2, -0.15) is 0 Å². The highest BCUT2D eigenvalue weighted by Crippen LogP contribution is 2.89. The van der Waals surface area contributed by atoms with Crippen LogP contribution in [0, 0.1) is 44.8 Å². The number of hydrogen-bond donors (Lipinski definition) is 9. The molecule has 9 fully saturated rings. The second-order valence-electron chi connectivity index (χ2n) is 24.0. The molecule has 18 nitrogen and oxygen atoms in total. The minimum absolute atomic E-state index is 0.0789. The van der Waals surface area contributed by atoms with Crippen LogP contribution in [0.1, 0.15) is 120 Å². The summed E-state index contributed by atoms with van der Waals surface area (Å²) in [6, 6.07) is 0. The molecule has 18 heteroatoms. The minimum Gasteiger partial charge on any atom is -0.457 e. The van der Waals surface area contributed by atoms with Crippen molar-refractivity contribution in [2.75, 3.05) is 13.2 Å². The number of aliphatic hydroxyl groups excluding tert-OH is 8. The van der Waals surface area contributed by atoms with Crippen molar-refractivity contribution in [2.24, 2.45) is 44.8 Å². The first-order chi connectivity index (χ1) is 30.7. The molecule has 5 aliphatic carbocycles. The van der Waals surface area contributed by atoms with E-state index in [9.17, 15) is 50.8 Å². The molecule has 0 bridgehead atoms. The van der Waals surface area contributed by atoms with Gasteiger partial charge in [-0.25, -0.2) is 0 Å². The van der Waals surface area contributed by atoms with Gasteiger partial charge in [-0.1, -0.05) is 27.7 Å². The first-order valence-electron chi connectivity index (χ1n) is 24.5. The molecule has 25 atom stereocenters. The number of aliphatic hydroxyl groups is 9. The number of rotatable bonds is 9. The van der Waals surface area contributed by atoms with E-state index in [-0.39, 0.29) is 58.7 Å². The molecular formula is C48H78O18. The first-order valence-corrected chi connectivity index (χ1v) is 24.5. The van der Waals surface area contributed by atoms with Crippen LogP contribution in [0.15, 0.2) is 0 Å². The topological polar surface area (TPSA) is 273 Å². The summed E-state index contributed by atoms with van der Waals surface area (Å²) in [6.07, 6.45) is -13.6. The van der Waals surface area contributed by atoms with Crippen molar-refractivity contribution in [2.45, 2.75) is 236 Å². The zero-order valence-corrected chi connectivity index (χ0v) is 40.0. The van der Waals surface area contributed by atoms with E-state index >= 15 is 0 Å². The van der Waals surface area contributed by atoms with E-state index in [1.54, 1.807) is 13.8 Å². The van der Waals surface area contributed by atoms with Crippen LogP contribution >= 0.6 is 0 Å². The van der Waals surface area contributed by atoms with Crippen molar-refractivity contribution >= 4 is 5.97 Å². The van der Waals surface area contributed by atoms with E-state index in [1.807, 2.05) is 0 Å². The van der Waals surface area contributed by atoms with Gasteiger partial charge in [-0.3, -0.25) is 4.79 Å². The lowest BCUT2D eigenvalue weighted by Gasteiger charge is -2.65. The predicted octanol–water partition coefficient (Wildman–Crippen LogP) is 0.786. The van der Waals surface area contributed by atoms with Crippen LogP contribution in [-0.4, -0.2) is 181 Å². The summed E-state index contributed by atoms with van der Waals surface area (Å²) in [5.74, 6) is -0.976. The predicted molar refractivity (Wildman–Crippen MR) is 229 cm³/mol. The van der Waals surface area contributed by atoms with Crippen LogP contribution in [0.5, 0.6) is 0 Å². The largest absolute Gasteiger partial charge is 0.457 e. The van der Waals surface area contributed by atoms with Crippen LogP contribution in [0.4, 0.5) is 0 Å². The van der Waals surface area contributed by atoms with Crippen LogP contribution in [0.3, 0.4) is 0 Å². The molecular weight excluding hydrogens is 865 g/mol. The van der Waals surface area contributed by atoms with Gasteiger partial charge in [0.2, 0.25) is 0 Å². The number of hydrogen-bond acceptors (Lipinski definition) is 18. The van der Waals surface area contributed by atoms with Crippen LogP contribution in [0.25, 0.3) is 0 Å². The smallest absolute Gasteiger partial charge is 0.303 e. The number of ether oxygens (including phenoxy) is 8. The molecule has 5 saturated carbocycles. The van der Waals surface area contributed by atoms with Gasteiger partial charge in [0.1, 0.15) is 48.8 Å². The lowest BCUT2D eigenvalue weighted by Crippen LogP contribution is -2.65. The van der Waals surface area contributed by atoms with E-state index < -0.39 is 121 Å². The summed E-state index contributed by atoms with van der Waals surface area (Å²) in [5, 5.41) is 99.5. The van der Waals surface area contributed by atoms with Crippen molar-refractivity contribution in [1.29, 1.82) is 0 Å². The molecule has 0 aromatic heterocycles. The van der Waals surface area contributed by atoms with Crippen LogP contribution in [0.2, 0.25) is 0 Å². The molecule has 4 heterocycles. The zero-order valence-electron chi connectivity index (χ0n) is 40.0. The molecule has 0 amide bonds. The fourth-order valence-electron chi connectivity index (χ4n) is 16.3. The number of esters is 1. The van der Waals surface area contributed by atoms with Gasteiger partial charge in [0.15, 0.2) is 25.0 Å². The summed E-state index contributed by atoms with van der Waals surface area (Å²) >= 11 is 0. The Morgan fingerprint density at radius 1 is 0.667 bits per heavy atom. The van der Waals surface area contributed by atoms with E-state index in [4.69, 9.17) is 37.9 Å². The van der Waals surface area contributed by atoms with Gasteiger partial charge in [0, 0.05) is 12.8 Å². The third kappa shape index (κ3) is 7.43. The van der Waals surface area contributed by atoms with Crippen molar-refractivity contribution in [3.05, 3.63) is 0 Å². The maximum atomic E-state index is 12.3. The van der Waals surface area contributed by atoms with Crippen molar-refractivity contribution in [1.82, 2.24) is 0 Å². The molecule has 2 spiro atoms. The Balaban J connectivity index is 1.03. The molecule has 9 aliphatic rings. The Labute approximate surface area is 387 Å². The average Bonchev–Trinajstić information content (AvgIpc) is 3.59. The molecule has 9 rings (SSSR count). The van der Waals surface area contributed by atoms with Crippen molar-refractivity contribution in [3.63, 3.8) is 0 Å². The third-order valence-electron chi connectivity index (χ3n) is 19.6. The van der Waals surface area contributed by atoms with E-state index in [0.29, 0.717) is 25.7 Å². The maximum absolute atomic E-state index is 12.3. The van der Waals surface area contributed by atoms with E-state index in [0.717, 1.165) is 32.1 Å². The second kappa shape index (κ2) is 16.7. The Hall–Kier alpha value is -1.17. The molecule has 378 valence electrons. The zero-order chi connectivity index (χ0) is 48.1. The number of carbonyl (C=O) groups excluding carboxylic acids is 1. The van der Waals surface area contributed by atoms with E-state index in [2.05, 4.69) is 34.6 Å².